The summed E-state index contributed by atoms with van der Waals surface area (Å²) in [5.74, 6) is 0. The van der Waals surface area contributed by atoms with Gasteiger partial charge < -0.3 is 9.47 Å². The Morgan fingerprint density at radius 2 is 0.877 bits per heavy atom. The highest BCUT2D eigenvalue weighted by atomic mass is 15.1. The van der Waals surface area contributed by atoms with E-state index in [1.165, 1.54) is 87.5 Å². The van der Waals surface area contributed by atoms with Crippen LogP contribution < -0.4 is 4.90 Å². The average molecular weight is 723 g/mol. The number of aromatic nitrogens is 1. The van der Waals surface area contributed by atoms with Crippen molar-refractivity contribution in [1.29, 1.82) is 0 Å². The van der Waals surface area contributed by atoms with Gasteiger partial charge in [0, 0.05) is 33.2 Å². The van der Waals surface area contributed by atoms with E-state index in [9.17, 15) is 0 Å². The Balaban J connectivity index is 1.24. The predicted molar refractivity (Wildman–Crippen MR) is 239 cm³/mol. The van der Waals surface area contributed by atoms with Gasteiger partial charge in [0.2, 0.25) is 0 Å². The molecule has 0 radical (unpaired) electrons. The molecule has 13 rings (SSSR count). The number of rotatable bonds is 4. The molecule has 11 aromatic rings. The van der Waals surface area contributed by atoms with Crippen molar-refractivity contribution in [2.45, 2.75) is 5.41 Å². The molecule has 2 nitrogen and oxygen atoms in total. The largest absolute Gasteiger partial charge is 0.310 e. The molecule has 264 valence electrons. The summed E-state index contributed by atoms with van der Waals surface area (Å²) >= 11 is 0. The topological polar surface area (TPSA) is 8.17 Å². The normalized spacial score (nSPS) is 13.4. The summed E-state index contributed by atoms with van der Waals surface area (Å²) in [5.41, 5.74) is 14.5. The molecule has 1 aromatic heterocycles. The first-order chi connectivity index (χ1) is 28.3. The molecule has 57 heavy (non-hydrogen) atoms. The molecule has 0 amide bonds. The molecule has 0 fully saturated rings. The summed E-state index contributed by atoms with van der Waals surface area (Å²) < 4.78 is 2.51. The zero-order valence-electron chi connectivity index (χ0n) is 31.0. The van der Waals surface area contributed by atoms with Gasteiger partial charge in [-0.15, -0.1) is 0 Å². The third-order valence-electron chi connectivity index (χ3n) is 12.9. The Kier molecular flexibility index (Phi) is 6.13. The van der Waals surface area contributed by atoms with Crippen molar-refractivity contribution < 1.29 is 0 Å². The number of fused-ring (bicyclic) bond motifs is 9. The number of hydrogen-bond acceptors (Lipinski definition) is 1. The molecule has 2 heteroatoms. The molecule has 1 heterocycles. The second-order valence-corrected chi connectivity index (χ2v) is 15.6. The lowest BCUT2D eigenvalue weighted by molar-refractivity contribution is 0.783. The smallest absolute Gasteiger partial charge is 0.0726 e. The Morgan fingerprint density at radius 3 is 1.53 bits per heavy atom. The molecule has 10 aromatic carbocycles. The fraction of sp³-hybridized carbons (Fsp3) is 0.0182. The monoisotopic (exact) mass is 722 g/mol. The van der Waals surface area contributed by atoms with Crippen LogP contribution in [0.1, 0.15) is 22.3 Å². The van der Waals surface area contributed by atoms with Crippen LogP contribution in [0.5, 0.6) is 0 Å². The van der Waals surface area contributed by atoms with Gasteiger partial charge in [0.25, 0.3) is 0 Å². The van der Waals surface area contributed by atoms with Crippen LogP contribution in [0, 0.1) is 0 Å². The van der Waals surface area contributed by atoms with Gasteiger partial charge in [0.15, 0.2) is 0 Å². The third-order valence-corrected chi connectivity index (χ3v) is 12.9. The molecule has 1 spiro atoms. The molecule has 0 atom stereocenters. The Hall–Kier alpha value is -7.42. The van der Waals surface area contributed by atoms with E-state index in [1.54, 1.807) is 0 Å². The molecule has 0 aliphatic heterocycles. The minimum absolute atomic E-state index is 0.496. The highest BCUT2D eigenvalue weighted by molar-refractivity contribution is 6.29. The summed E-state index contributed by atoms with van der Waals surface area (Å²) in [6.07, 6.45) is 0. The van der Waals surface area contributed by atoms with Crippen LogP contribution in [0.25, 0.3) is 70.9 Å². The van der Waals surface area contributed by atoms with E-state index in [0.717, 1.165) is 22.7 Å². The number of benzene rings is 10. The number of hydrogen-bond donors (Lipinski definition) is 0. The van der Waals surface area contributed by atoms with E-state index in [2.05, 4.69) is 216 Å². The second kappa shape index (κ2) is 11.3. The fourth-order valence-electron chi connectivity index (χ4n) is 10.7. The van der Waals surface area contributed by atoms with Gasteiger partial charge in [-0.3, -0.25) is 0 Å². The van der Waals surface area contributed by atoms with Gasteiger partial charge >= 0.3 is 0 Å². The van der Waals surface area contributed by atoms with Crippen LogP contribution in [-0.4, -0.2) is 4.57 Å². The van der Waals surface area contributed by atoms with Crippen LogP contribution >= 0.6 is 0 Å². The number of nitrogens with zero attached hydrogens (tertiary/aromatic N) is 2. The Bertz CT molecular complexity index is 3360. The molecule has 2 aliphatic rings. The SMILES string of the molecule is c1ccc(-n2c3cccc4c3c3c5c(cccc5c(N(c5ccc6ccccc6c5)c5ccc6ccccc6c5)cc32)C42c3ccccc3-c3ccccc32)cc1. The molecular weight excluding hydrogens is 689 g/mol. The van der Waals surface area contributed by atoms with Crippen molar-refractivity contribution in [1.82, 2.24) is 4.57 Å². The Labute approximate surface area is 330 Å². The average Bonchev–Trinajstić information content (AvgIpc) is 3.77. The van der Waals surface area contributed by atoms with Crippen molar-refractivity contribution in [3.05, 3.63) is 229 Å². The standard InChI is InChI=1S/C55H34N2/c1-2-18-39(19-3-1)57-49-27-13-26-48-53(49)54-51(57)34-50(44-22-12-25-47(52(44)54)55(48)45-23-10-8-20-42(45)43-21-9-11-24-46(43)55)56(40-30-28-35-14-4-6-16-37(35)32-40)41-31-29-36-15-5-7-17-38(36)33-41/h1-34H. The lowest BCUT2D eigenvalue weighted by Crippen LogP contribution is -2.30. The van der Waals surface area contributed by atoms with Crippen LogP contribution in [0.2, 0.25) is 0 Å². The van der Waals surface area contributed by atoms with Crippen molar-refractivity contribution in [3.63, 3.8) is 0 Å². The summed E-state index contributed by atoms with van der Waals surface area (Å²) in [4.78, 5) is 2.50. The van der Waals surface area contributed by atoms with E-state index in [1.807, 2.05) is 0 Å². The first-order valence-electron chi connectivity index (χ1n) is 19.9. The molecule has 0 N–H and O–H groups in total. The maximum absolute atomic E-state index is 2.51. The minimum Gasteiger partial charge on any atom is -0.310 e. The third kappa shape index (κ3) is 3.99. The van der Waals surface area contributed by atoms with Gasteiger partial charge in [0.05, 0.1) is 22.1 Å². The molecule has 2 aliphatic carbocycles. The van der Waals surface area contributed by atoms with Crippen molar-refractivity contribution >= 4 is 71.2 Å². The first kappa shape index (κ1) is 30.9. The summed E-state index contributed by atoms with van der Waals surface area (Å²) in [5, 5.41) is 10.1. The van der Waals surface area contributed by atoms with E-state index >= 15 is 0 Å². The van der Waals surface area contributed by atoms with E-state index in [4.69, 9.17) is 0 Å². The number of para-hydroxylation sites is 1. The molecule has 0 unspecified atom stereocenters. The lowest BCUT2D eigenvalue weighted by Gasteiger charge is -2.38. The van der Waals surface area contributed by atoms with Gasteiger partial charge in [-0.05, 0) is 109 Å². The minimum atomic E-state index is -0.496. The van der Waals surface area contributed by atoms with E-state index in [0.29, 0.717) is 0 Å². The fourth-order valence-corrected chi connectivity index (χ4v) is 10.7. The van der Waals surface area contributed by atoms with Crippen molar-refractivity contribution in [3.8, 4) is 16.8 Å². The lowest BCUT2D eigenvalue weighted by atomic mass is 9.63. The Morgan fingerprint density at radius 1 is 0.351 bits per heavy atom. The molecule has 0 saturated heterocycles. The zero-order chi connectivity index (χ0) is 37.2. The van der Waals surface area contributed by atoms with Crippen molar-refractivity contribution in [2.24, 2.45) is 0 Å². The van der Waals surface area contributed by atoms with E-state index < -0.39 is 5.41 Å². The van der Waals surface area contributed by atoms with Gasteiger partial charge in [-0.25, -0.2) is 0 Å². The summed E-state index contributed by atoms with van der Waals surface area (Å²) in [6, 6.07) is 76.9. The first-order valence-corrected chi connectivity index (χ1v) is 19.9. The van der Waals surface area contributed by atoms with Crippen molar-refractivity contribution in [2.75, 3.05) is 4.90 Å². The van der Waals surface area contributed by atoms with Gasteiger partial charge in [0.1, 0.15) is 0 Å². The van der Waals surface area contributed by atoms with Crippen LogP contribution in [0.3, 0.4) is 0 Å². The molecule has 0 bridgehead atoms. The zero-order valence-corrected chi connectivity index (χ0v) is 31.0. The van der Waals surface area contributed by atoms with Gasteiger partial charge in [-0.2, -0.15) is 0 Å². The van der Waals surface area contributed by atoms with Gasteiger partial charge in [-0.1, -0.05) is 158 Å². The van der Waals surface area contributed by atoms with E-state index in [-0.39, 0.29) is 0 Å². The highest BCUT2D eigenvalue weighted by Gasteiger charge is 2.50. The quantitative estimate of drug-likeness (QED) is 0.176. The maximum Gasteiger partial charge on any atom is 0.0726 e. The maximum atomic E-state index is 2.51. The molecular formula is C55H34N2. The summed E-state index contributed by atoms with van der Waals surface area (Å²) in [7, 11) is 0. The number of anilines is 3. The predicted octanol–water partition coefficient (Wildman–Crippen LogP) is 14.4. The van der Waals surface area contributed by atoms with Crippen LogP contribution in [-0.2, 0) is 5.41 Å². The second-order valence-electron chi connectivity index (χ2n) is 15.6. The highest BCUT2D eigenvalue weighted by Crippen LogP contribution is 2.63. The molecule has 0 saturated carbocycles. The van der Waals surface area contributed by atoms with Crippen LogP contribution in [0.4, 0.5) is 17.1 Å². The van der Waals surface area contributed by atoms with Crippen LogP contribution in [0.15, 0.2) is 206 Å². The summed E-state index contributed by atoms with van der Waals surface area (Å²) in [6.45, 7) is 0.